The minimum absolute atomic E-state index is 0.221. The molecule has 1 aromatic heterocycles. The summed E-state index contributed by atoms with van der Waals surface area (Å²) in [5.41, 5.74) is 0.810. The minimum Gasteiger partial charge on any atom is -0.497 e. The number of methoxy groups -OCH3 is 1. The van der Waals surface area contributed by atoms with Gasteiger partial charge in [-0.15, -0.1) is 0 Å². The molecular formula is C14H17FN2O2. The highest BCUT2D eigenvalue weighted by atomic mass is 19.1. The Bertz CT molecular complexity index is 554. The van der Waals surface area contributed by atoms with Crippen LogP contribution in [0.15, 0.2) is 30.5 Å². The van der Waals surface area contributed by atoms with E-state index in [0.29, 0.717) is 18.0 Å². The first-order valence-electron chi connectivity index (χ1n) is 6.20. The molecule has 0 spiro atoms. The summed E-state index contributed by atoms with van der Waals surface area (Å²) in [7, 11) is 1.47. The molecule has 0 aliphatic rings. The van der Waals surface area contributed by atoms with E-state index in [1.807, 2.05) is 6.92 Å². The molecule has 102 valence electrons. The average molecular weight is 264 g/mol. The molecule has 2 rings (SSSR count). The zero-order chi connectivity index (χ0) is 13.8. The number of halogens is 1. The van der Waals surface area contributed by atoms with E-state index in [1.54, 1.807) is 23.0 Å². The molecule has 1 heterocycles. The normalized spacial score (nSPS) is 12.4. The Hall–Kier alpha value is -1.88. The van der Waals surface area contributed by atoms with Crippen LogP contribution in [-0.2, 0) is 6.54 Å². The number of ether oxygens (including phenoxy) is 1. The monoisotopic (exact) mass is 264 g/mol. The van der Waals surface area contributed by atoms with Crippen LogP contribution < -0.4 is 4.74 Å². The summed E-state index contributed by atoms with van der Waals surface area (Å²) in [6.07, 6.45) is 1.47. The summed E-state index contributed by atoms with van der Waals surface area (Å²) in [5.74, 6) is -0.0633. The van der Waals surface area contributed by atoms with E-state index in [4.69, 9.17) is 4.74 Å². The molecule has 0 aliphatic heterocycles. The van der Waals surface area contributed by atoms with E-state index in [9.17, 15) is 9.50 Å². The van der Waals surface area contributed by atoms with Gasteiger partial charge in [-0.1, -0.05) is 6.92 Å². The third-order valence-corrected chi connectivity index (χ3v) is 2.97. The van der Waals surface area contributed by atoms with Crippen molar-refractivity contribution in [1.29, 1.82) is 0 Å². The second-order valence-corrected chi connectivity index (χ2v) is 4.27. The molecule has 0 fully saturated rings. The van der Waals surface area contributed by atoms with Crippen molar-refractivity contribution in [3.63, 3.8) is 0 Å². The van der Waals surface area contributed by atoms with Crippen LogP contribution in [0.25, 0.3) is 0 Å². The van der Waals surface area contributed by atoms with Gasteiger partial charge in [-0.3, -0.25) is 4.68 Å². The lowest BCUT2D eigenvalue weighted by atomic mass is 10.1. The number of aliphatic hydroxyl groups is 1. The number of rotatable bonds is 5. The third-order valence-electron chi connectivity index (χ3n) is 2.97. The first kappa shape index (κ1) is 13.5. The molecular weight excluding hydrogens is 247 g/mol. The van der Waals surface area contributed by atoms with Crippen LogP contribution in [-0.4, -0.2) is 22.0 Å². The van der Waals surface area contributed by atoms with Crippen LogP contribution in [0, 0.1) is 5.82 Å². The molecule has 0 amide bonds. The van der Waals surface area contributed by atoms with E-state index in [0.717, 1.165) is 6.42 Å². The van der Waals surface area contributed by atoms with E-state index in [2.05, 4.69) is 5.10 Å². The van der Waals surface area contributed by atoms with Crippen molar-refractivity contribution in [3.05, 3.63) is 47.5 Å². The fourth-order valence-corrected chi connectivity index (χ4v) is 1.99. The fraction of sp³-hybridized carbons (Fsp3) is 0.357. The molecule has 5 heteroatoms. The molecule has 19 heavy (non-hydrogen) atoms. The summed E-state index contributed by atoms with van der Waals surface area (Å²) in [4.78, 5) is 0. The average Bonchev–Trinajstić information content (AvgIpc) is 2.86. The Morgan fingerprint density at radius 3 is 2.84 bits per heavy atom. The third kappa shape index (κ3) is 2.76. The first-order chi connectivity index (χ1) is 9.17. The van der Waals surface area contributed by atoms with Gasteiger partial charge >= 0.3 is 0 Å². The second-order valence-electron chi connectivity index (χ2n) is 4.27. The zero-order valence-corrected chi connectivity index (χ0v) is 11.0. The van der Waals surface area contributed by atoms with Crippen molar-refractivity contribution in [1.82, 2.24) is 9.78 Å². The topological polar surface area (TPSA) is 47.3 Å². The van der Waals surface area contributed by atoms with Crippen molar-refractivity contribution < 1.29 is 14.2 Å². The molecule has 0 saturated heterocycles. The first-order valence-corrected chi connectivity index (χ1v) is 6.20. The Kier molecular flexibility index (Phi) is 4.16. The van der Waals surface area contributed by atoms with Gasteiger partial charge in [0.05, 0.1) is 12.8 Å². The number of benzene rings is 1. The SMILES string of the molecule is CCCn1nccc1C(O)c1ccc(OC)cc1F. The summed E-state index contributed by atoms with van der Waals surface area (Å²) in [6.45, 7) is 2.71. The van der Waals surface area contributed by atoms with Gasteiger partial charge in [-0.25, -0.2) is 4.39 Å². The second kappa shape index (κ2) is 5.84. The van der Waals surface area contributed by atoms with Gasteiger partial charge in [0.25, 0.3) is 0 Å². The van der Waals surface area contributed by atoms with E-state index in [-0.39, 0.29) is 5.56 Å². The Balaban J connectivity index is 2.33. The van der Waals surface area contributed by atoms with Gasteiger partial charge in [0.1, 0.15) is 17.7 Å². The van der Waals surface area contributed by atoms with Gasteiger partial charge in [-0.2, -0.15) is 5.10 Å². The highest BCUT2D eigenvalue weighted by molar-refractivity contribution is 5.33. The number of aryl methyl sites for hydroxylation is 1. The summed E-state index contributed by atoms with van der Waals surface area (Å²) >= 11 is 0. The maximum absolute atomic E-state index is 13.9. The Morgan fingerprint density at radius 1 is 1.42 bits per heavy atom. The molecule has 1 atom stereocenters. The van der Waals surface area contributed by atoms with Crippen molar-refractivity contribution >= 4 is 0 Å². The molecule has 0 bridgehead atoms. The molecule has 1 N–H and O–H groups in total. The van der Waals surface area contributed by atoms with Crippen molar-refractivity contribution in [2.24, 2.45) is 0 Å². The van der Waals surface area contributed by atoms with Gasteiger partial charge in [0, 0.05) is 24.4 Å². The largest absolute Gasteiger partial charge is 0.497 e. The van der Waals surface area contributed by atoms with E-state index >= 15 is 0 Å². The molecule has 2 aromatic rings. The van der Waals surface area contributed by atoms with E-state index < -0.39 is 11.9 Å². The lowest BCUT2D eigenvalue weighted by Gasteiger charge is -2.14. The zero-order valence-electron chi connectivity index (χ0n) is 11.0. The summed E-state index contributed by atoms with van der Waals surface area (Å²) < 4.78 is 20.6. The number of aliphatic hydroxyl groups excluding tert-OH is 1. The van der Waals surface area contributed by atoms with Crippen LogP contribution in [0.1, 0.15) is 30.7 Å². The van der Waals surface area contributed by atoms with E-state index in [1.165, 1.54) is 19.2 Å². The van der Waals surface area contributed by atoms with Gasteiger partial charge in [0.2, 0.25) is 0 Å². The van der Waals surface area contributed by atoms with Gasteiger partial charge in [-0.05, 0) is 24.6 Å². The standard InChI is InChI=1S/C14H17FN2O2/c1-3-8-17-13(6-7-16-17)14(18)11-5-4-10(19-2)9-12(11)15/h4-7,9,14,18H,3,8H2,1-2H3. The van der Waals surface area contributed by atoms with Gasteiger partial charge < -0.3 is 9.84 Å². The Morgan fingerprint density at radius 2 is 2.21 bits per heavy atom. The van der Waals surface area contributed by atoms with Crippen LogP contribution in [0.4, 0.5) is 4.39 Å². The number of hydrogen-bond acceptors (Lipinski definition) is 3. The van der Waals surface area contributed by atoms with Crippen LogP contribution in [0.3, 0.4) is 0 Å². The van der Waals surface area contributed by atoms with Crippen molar-refractivity contribution in [2.45, 2.75) is 26.0 Å². The summed E-state index contributed by atoms with van der Waals surface area (Å²) in [5, 5.41) is 14.4. The van der Waals surface area contributed by atoms with Crippen molar-refractivity contribution in [2.75, 3.05) is 7.11 Å². The number of hydrogen-bond donors (Lipinski definition) is 1. The highest BCUT2D eigenvalue weighted by Crippen LogP contribution is 2.26. The number of nitrogens with zero attached hydrogens (tertiary/aromatic N) is 2. The molecule has 0 radical (unpaired) electrons. The fourth-order valence-electron chi connectivity index (χ4n) is 1.99. The summed E-state index contributed by atoms with van der Waals surface area (Å²) in [6, 6.07) is 6.12. The Labute approximate surface area is 111 Å². The smallest absolute Gasteiger partial charge is 0.133 e. The van der Waals surface area contributed by atoms with Crippen LogP contribution >= 0.6 is 0 Å². The molecule has 0 aliphatic carbocycles. The highest BCUT2D eigenvalue weighted by Gasteiger charge is 2.19. The van der Waals surface area contributed by atoms with Crippen LogP contribution in [0.2, 0.25) is 0 Å². The maximum atomic E-state index is 13.9. The minimum atomic E-state index is -1.03. The van der Waals surface area contributed by atoms with Gasteiger partial charge in [0.15, 0.2) is 0 Å². The molecule has 1 unspecified atom stereocenters. The molecule has 4 nitrogen and oxygen atoms in total. The predicted octanol–water partition coefficient (Wildman–Crippen LogP) is 2.52. The quantitative estimate of drug-likeness (QED) is 0.902. The molecule has 1 aromatic carbocycles. The predicted molar refractivity (Wildman–Crippen MR) is 69.5 cm³/mol. The molecule has 0 saturated carbocycles. The maximum Gasteiger partial charge on any atom is 0.133 e. The number of aromatic nitrogens is 2. The van der Waals surface area contributed by atoms with Crippen LogP contribution in [0.5, 0.6) is 5.75 Å². The van der Waals surface area contributed by atoms with Crippen molar-refractivity contribution in [3.8, 4) is 5.75 Å². The lowest BCUT2D eigenvalue weighted by molar-refractivity contribution is 0.202. The lowest BCUT2D eigenvalue weighted by Crippen LogP contribution is -2.11.